The van der Waals surface area contributed by atoms with Crippen LogP contribution in [-0.4, -0.2) is 92.8 Å². The standard InChI is InChI=1S/C33H36F2N8O3/c1-18-10-23-21(13-38-41-23)25(24(18)19-4-5-19)28-26(35)27-22(12-36-28)29(42-8-3-7-33(16-42)15-37-31(44)46-33)40-30(39-27)45-17-32-6-2-9-43(32)14-20(34)11-32/h10,12-13,19-20H,2-9,11,14-17H2,1H3,(H,37,44)(H,38,41)/t20-,32+,33+/m1/s1. The van der Waals surface area contributed by atoms with Crippen molar-refractivity contribution in [2.24, 2.45) is 0 Å². The number of nitrogens with one attached hydrogen (secondary N) is 2. The van der Waals surface area contributed by atoms with Crippen molar-refractivity contribution in [1.82, 2.24) is 35.4 Å². The number of pyridine rings is 1. The molecular weight excluding hydrogens is 594 g/mol. The van der Waals surface area contributed by atoms with Crippen molar-refractivity contribution in [3.63, 3.8) is 0 Å². The topological polar surface area (TPSA) is 121 Å². The summed E-state index contributed by atoms with van der Waals surface area (Å²) in [6.07, 6.45) is 7.84. The highest BCUT2D eigenvalue weighted by Crippen LogP contribution is 2.49. The summed E-state index contributed by atoms with van der Waals surface area (Å²) in [7, 11) is 0. The number of halogens is 2. The lowest BCUT2D eigenvalue weighted by molar-refractivity contribution is 0.0445. The summed E-state index contributed by atoms with van der Waals surface area (Å²) in [5.41, 5.74) is 2.97. The van der Waals surface area contributed by atoms with Crippen molar-refractivity contribution in [2.45, 2.75) is 75.1 Å². The third-order valence-corrected chi connectivity index (χ3v) is 10.8. The molecule has 13 heteroatoms. The molecule has 4 aliphatic heterocycles. The summed E-state index contributed by atoms with van der Waals surface area (Å²) in [4.78, 5) is 30.5. The second-order valence-electron chi connectivity index (χ2n) is 13.9. The minimum atomic E-state index is -0.898. The van der Waals surface area contributed by atoms with Gasteiger partial charge in [-0.15, -0.1) is 0 Å². The largest absolute Gasteiger partial charge is 0.461 e. The molecule has 0 bridgehead atoms. The van der Waals surface area contributed by atoms with Gasteiger partial charge in [0.05, 0.1) is 35.7 Å². The molecule has 46 heavy (non-hydrogen) atoms. The van der Waals surface area contributed by atoms with Crippen LogP contribution in [-0.2, 0) is 4.74 Å². The lowest BCUT2D eigenvalue weighted by Crippen LogP contribution is -2.51. The maximum absolute atomic E-state index is 17.1. The van der Waals surface area contributed by atoms with Gasteiger partial charge in [-0.05, 0) is 75.1 Å². The summed E-state index contributed by atoms with van der Waals surface area (Å²) in [6, 6.07) is 2.11. The van der Waals surface area contributed by atoms with Gasteiger partial charge in [0.2, 0.25) is 0 Å². The SMILES string of the molecule is Cc1cc2[nH]ncc2c(-c2ncc3c(N4CCC[C@]5(CNC(=O)O5)C4)nc(OC[C@@]45CCCN4C[C@H](F)C5)nc3c2F)c1C1CC1. The van der Waals surface area contributed by atoms with Gasteiger partial charge in [0.1, 0.15) is 35.4 Å². The minimum Gasteiger partial charge on any atom is -0.461 e. The Morgan fingerprint density at radius 2 is 2.02 bits per heavy atom. The lowest BCUT2D eigenvalue weighted by Gasteiger charge is -2.39. The Labute approximate surface area is 264 Å². The van der Waals surface area contributed by atoms with E-state index >= 15 is 4.39 Å². The molecule has 3 atom stereocenters. The number of ether oxygens (including phenoxy) is 2. The van der Waals surface area contributed by atoms with E-state index in [9.17, 15) is 9.18 Å². The number of alkyl carbamates (subject to hydrolysis) is 1. The van der Waals surface area contributed by atoms with Crippen molar-refractivity contribution >= 4 is 33.7 Å². The molecule has 1 aliphatic carbocycles. The van der Waals surface area contributed by atoms with Crippen LogP contribution >= 0.6 is 0 Å². The van der Waals surface area contributed by atoms with Gasteiger partial charge in [0.25, 0.3) is 0 Å². The number of benzene rings is 1. The Kier molecular flexibility index (Phi) is 6.23. The number of amides is 1. The number of aryl methyl sites for hydroxylation is 1. The van der Waals surface area contributed by atoms with Gasteiger partial charge in [0, 0.05) is 36.7 Å². The molecule has 9 rings (SSSR count). The molecule has 1 spiro atoms. The lowest BCUT2D eigenvalue weighted by atomic mass is 9.91. The molecule has 3 aromatic heterocycles. The highest BCUT2D eigenvalue weighted by molar-refractivity contribution is 6.00. The van der Waals surface area contributed by atoms with E-state index in [0.717, 1.165) is 66.2 Å². The quantitative estimate of drug-likeness (QED) is 0.306. The number of H-pyrrole nitrogens is 1. The highest BCUT2D eigenvalue weighted by Gasteiger charge is 2.50. The van der Waals surface area contributed by atoms with E-state index in [1.165, 1.54) is 0 Å². The van der Waals surface area contributed by atoms with E-state index in [2.05, 4.69) is 38.4 Å². The minimum absolute atomic E-state index is 0.0448. The molecule has 11 nitrogen and oxygen atoms in total. The number of aromatic nitrogens is 5. The molecule has 240 valence electrons. The zero-order valence-corrected chi connectivity index (χ0v) is 25.7. The second-order valence-corrected chi connectivity index (χ2v) is 13.9. The third-order valence-electron chi connectivity index (χ3n) is 10.8. The fourth-order valence-electron chi connectivity index (χ4n) is 8.55. The predicted octanol–water partition coefficient (Wildman–Crippen LogP) is 4.93. The normalized spacial score (nSPS) is 27.9. The Morgan fingerprint density at radius 3 is 2.85 bits per heavy atom. The van der Waals surface area contributed by atoms with Crippen LogP contribution in [0.1, 0.15) is 62.0 Å². The second kappa shape index (κ2) is 10.2. The van der Waals surface area contributed by atoms with Crippen molar-refractivity contribution < 1.29 is 23.0 Å². The number of anilines is 1. The molecule has 1 amide bonds. The van der Waals surface area contributed by atoms with E-state index in [1.807, 2.05) is 4.90 Å². The molecule has 1 saturated carbocycles. The van der Waals surface area contributed by atoms with Crippen LogP contribution in [0.25, 0.3) is 33.1 Å². The van der Waals surface area contributed by atoms with Crippen molar-refractivity contribution in [1.29, 1.82) is 0 Å². The van der Waals surface area contributed by atoms with Crippen LogP contribution in [0.15, 0.2) is 18.5 Å². The Bertz CT molecular complexity index is 1900. The van der Waals surface area contributed by atoms with E-state index in [-0.39, 0.29) is 23.8 Å². The number of carbonyl (C=O) groups excluding carboxylic acids is 1. The van der Waals surface area contributed by atoms with E-state index in [4.69, 9.17) is 19.4 Å². The van der Waals surface area contributed by atoms with E-state index in [1.54, 1.807) is 12.4 Å². The first-order chi connectivity index (χ1) is 22.3. The third kappa shape index (κ3) is 4.41. The van der Waals surface area contributed by atoms with Crippen LogP contribution < -0.4 is 15.0 Å². The van der Waals surface area contributed by atoms with Crippen LogP contribution in [0, 0.1) is 12.7 Å². The number of piperidine rings is 1. The smallest absolute Gasteiger partial charge is 0.407 e. The number of rotatable bonds is 6. The first-order valence-electron chi connectivity index (χ1n) is 16.4. The van der Waals surface area contributed by atoms with Crippen molar-refractivity contribution in [2.75, 3.05) is 44.2 Å². The van der Waals surface area contributed by atoms with Gasteiger partial charge in [0.15, 0.2) is 5.82 Å². The summed E-state index contributed by atoms with van der Waals surface area (Å²) in [5, 5.41) is 11.4. The maximum Gasteiger partial charge on any atom is 0.407 e. The number of nitrogens with zero attached hydrogens (tertiary/aromatic N) is 6. The number of alkyl halides is 1. The Hall–Kier alpha value is -4.13. The van der Waals surface area contributed by atoms with Crippen LogP contribution in [0.2, 0.25) is 0 Å². The number of hydrogen-bond donors (Lipinski definition) is 2. The van der Waals surface area contributed by atoms with Crippen LogP contribution in [0.3, 0.4) is 0 Å². The molecule has 0 unspecified atom stereocenters. The van der Waals surface area contributed by atoms with Gasteiger partial charge >= 0.3 is 12.1 Å². The summed E-state index contributed by atoms with van der Waals surface area (Å²) in [5.74, 6) is 0.278. The van der Waals surface area contributed by atoms with E-state index in [0.29, 0.717) is 56.1 Å². The van der Waals surface area contributed by atoms with Gasteiger partial charge in [-0.2, -0.15) is 15.1 Å². The molecule has 4 aromatic rings. The van der Waals surface area contributed by atoms with Gasteiger partial charge in [-0.1, -0.05) is 0 Å². The summed E-state index contributed by atoms with van der Waals surface area (Å²) < 4.78 is 43.6. The Balaban J connectivity index is 1.18. The summed E-state index contributed by atoms with van der Waals surface area (Å²) >= 11 is 0. The van der Waals surface area contributed by atoms with Gasteiger partial charge < -0.3 is 19.7 Å². The van der Waals surface area contributed by atoms with Crippen molar-refractivity contribution in [3.05, 3.63) is 35.4 Å². The van der Waals surface area contributed by atoms with Crippen LogP contribution in [0.4, 0.5) is 19.4 Å². The zero-order chi connectivity index (χ0) is 31.2. The molecule has 2 N–H and O–H groups in total. The Morgan fingerprint density at radius 1 is 1.15 bits per heavy atom. The average molecular weight is 631 g/mol. The van der Waals surface area contributed by atoms with Crippen molar-refractivity contribution in [3.8, 4) is 17.3 Å². The maximum atomic E-state index is 17.1. The van der Waals surface area contributed by atoms with E-state index < -0.39 is 29.2 Å². The molecule has 7 heterocycles. The monoisotopic (exact) mass is 630 g/mol. The molecule has 4 saturated heterocycles. The van der Waals surface area contributed by atoms with Gasteiger partial charge in [-0.25, -0.2) is 13.6 Å². The highest BCUT2D eigenvalue weighted by atomic mass is 19.1. The average Bonchev–Trinajstić information content (AvgIpc) is 3.30. The predicted molar refractivity (Wildman–Crippen MR) is 166 cm³/mol. The molecule has 1 aromatic carbocycles. The summed E-state index contributed by atoms with van der Waals surface area (Å²) in [6.45, 7) is 4.94. The van der Waals surface area contributed by atoms with Crippen LogP contribution in [0.5, 0.6) is 6.01 Å². The number of fused-ring (bicyclic) bond motifs is 3. The molecular formula is C33H36F2N8O3. The molecule has 5 aliphatic rings. The fraction of sp³-hybridized carbons (Fsp3) is 0.545. The molecule has 0 radical (unpaired) electrons. The number of aromatic amines is 1. The molecule has 5 fully saturated rings. The fourth-order valence-corrected chi connectivity index (χ4v) is 8.55. The zero-order valence-electron chi connectivity index (χ0n) is 25.7. The first kappa shape index (κ1) is 28.1. The number of carbonyl (C=O) groups is 1. The van der Waals surface area contributed by atoms with Gasteiger partial charge in [-0.3, -0.25) is 15.0 Å². The number of hydrogen-bond acceptors (Lipinski definition) is 9. The first-order valence-corrected chi connectivity index (χ1v) is 16.4.